The van der Waals surface area contributed by atoms with Gasteiger partial charge in [-0.25, -0.2) is 0 Å². The van der Waals surface area contributed by atoms with Crippen LogP contribution >= 0.6 is 0 Å². The van der Waals surface area contributed by atoms with Gasteiger partial charge in [0.05, 0.1) is 18.5 Å². The third-order valence-corrected chi connectivity index (χ3v) is 7.49. The maximum absolute atomic E-state index is 10.8. The Morgan fingerprint density at radius 2 is 1.43 bits per heavy atom. The lowest BCUT2D eigenvalue weighted by molar-refractivity contribution is -0.302. The van der Waals surface area contributed by atoms with Crippen LogP contribution < -0.4 is 0 Å². The summed E-state index contributed by atoms with van der Waals surface area (Å²) in [6.07, 6.45) is 18.4. The lowest BCUT2D eigenvalue weighted by atomic mass is 10.1. The Morgan fingerprint density at radius 3 is 1.97 bits per heavy atom. The first-order valence-electron chi connectivity index (χ1n) is 14.3. The zero-order chi connectivity index (χ0) is 25.8. The molecule has 1 heterocycles. The van der Waals surface area contributed by atoms with Gasteiger partial charge in [-0.05, 0) is 45.7 Å². The molecule has 0 radical (unpaired) electrons. The summed E-state index contributed by atoms with van der Waals surface area (Å²) < 4.78 is 48.3. The van der Waals surface area contributed by atoms with Gasteiger partial charge >= 0.3 is 0 Å². The molecule has 1 fully saturated rings. The van der Waals surface area contributed by atoms with E-state index >= 15 is 0 Å². The van der Waals surface area contributed by atoms with E-state index in [1.807, 2.05) is 6.92 Å². The van der Waals surface area contributed by atoms with Gasteiger partial charge < -0.3 is 19.1 Å². The van der Waals surface area contributed by atoms with E-state index < -0.39 is 15.9 Å². The van der Waals surface area contributed by atoms with Crippen LogP contribution in [0.1, 0.15) is 117 Å². The van der Waals surface area contributed by atoms with Gasteiger partial charge in [-0.15, -0.1) is 0 Å². The van der Waals surface area contributed by atoms with Crippen LogP contribution in [0.3, 0.4) is 0 Å². The van der Waals surface area contributed by atoms with E-state index in [2.05, 4.69) is 18.7 Å². The molecule has 0 amide bonds. The molecule has 0 saturated carbocycles. The predicted molar refractivity (Wildman–Crippen MR) is 144 cm³/mol. The van der Waals surface area contributed by atoms with Crippen LogP contribution in [0.2, 0.25) is 0 Å². The molecule has 1 saturated heterocycles. The third-order valence-electron chi connectivity index (χ3n) is 6.69. The van der Waals surface area contributed by atoms with Gasteiger partial charge in [-0.3, -0.25) is 4.55 Å². The summed E-state index contributed by atoms with van der Waals surface area (Å²) in [6.45, 7) is 10.7. The molecule has 1 rings (SSSR count). The number of ether oxygens (including phenoxy) is 3. The van der Waals surface area contributed by atoms with Crippen LogP contribution in [-0.2, 0) is 24.3 Å². The van der Waals surface area contributed by atoms with E-state index in [1.54, 1.807) is 0 Å². The molecule has 35 heavy (non-hydrogen) atoms. The van der Waals surface area contributed by atoms with Crippen LogP contribution in [-0.4, -0.2) is 75.0 Å². The van der Waals surface area contributed by atoms with Crippen LogP contribution in [0.25, 0.3) is 0 Å². The van der Waals surface area contributed by atoms with Crippen LogP contribution in [0.4, 0.5) is 0 Å². The first-order valence-corrected chi connectivity index (χ1v) is 16.0. The second kappa shape index (κ2) is 19.8. The zero-order valence-corrected chi connectivity index (χ0v) is 23.8. The number of rotatable bonds is 23. The molecule has 7 nitrogen and oxygen atoms in total. The maximum atomic E-state index is 10.8. The molecule has 0 aliphatic carbocycles. The van der Waals surface area contributed by atoms with E-state index in [9.17, 15) is 8.42 Å². The molecule has 0 bridgehead atoms. The molecule has 1 aliphatic heterocycles. The molecular formula is C27H55NO6S. The fourth-order valence-corrected chi connectivity index (χ4v) is 5.13. The topological polar surface area (TPSA) is 85.3 Å². The fourth-order valence-electron chi connectivity index (χ4n) is 4.65. The standard InChI is InChI=1S/C27H55NO6S/c1-4-6-8-10-12-14-16-20-28(19-15-13-11-9-7-5-2)24-26-18-22-33-27(3,34-26)25-32-21-17-23-35(29,30)31/h26H,4-25H2,1-3H3,(H,29,30,31). The quantitative estimate of drug-likeness (QED) is 0.126. The van der Waals surface area contributed by atoms with Crippen molar-refractivity contribution in [2.24, 2.45) is 0 Å². The number of nitrogens with zero attached hydrogens (tertiary/aromatic N) is 1. The molecule has 210 valence electrons. The molecule has 0 spiro atoms. The summed E-state index contributed by atoms with van der Waals surface area (Å²) in [6, 6.07) is 0. The maximum Gasteiger partial charge on any atom is 0.264 e. The monoisotopic (exact) mass is 521 g/mol. The molecule has 8 heteroatoms. The highest BCUT2D eigenvalue weighted by molar-refractivity contribution is 7.85. The van der Waals surface area contributed by atoms with Gasteiger partial charge in [0.15, 0.2) is 5.79 Å². The van der Waals surface area contributed by atoms with E-state index in [4.69, 9.17) is 18.8 Å². The Balaban J connectivity index is 2.43. The first kappa shape index (κ1) is 32.8. The van der Waals surface area contributed by atoms with Crippen molar-refractivity contribution in [2.75, 3.05) is 45.2 Å². The highest BCUT2D eigenvalue weighted by Crippen LogP contribution is 2.24. The van der Waals surface area contributed by atoms with Gasteiger partial charge in [0, 0.05) is 13.2 Å². The van der Waals surface area contributed by atoms with Gasteiger partial charge in [-0.2, -0.15) is 8.42 Å². The van der Waals surface area contributed by atoms with Gasteiger partial charge in [0.1, 0.15) is 6.61 Å². The van der Waals surface area contributed by atoms with Crippen molar-refractivity contribution >= 4 is 10.1 Å². The summed E-state index contributed by atoms with van der Waals surface area (Å²) >= 11 is 0. The van der Waals surface area contributed by atoms with Crippen LogP contribution in [0, 0.1) is 0 Å². The molecule has 1 N–H and O–H groups in total. The fraction of sp³-hybridized carbons (Fsp3) is 1.00. The van der Waals surface area contributed by atoms with Crippen molar-refractivity contribution in [1.82, 2.24) is 4.90 Å². The lowest BCUT2D eigenvalue weighted by Gasteiger charge is -2.40. The van der Waals surface area contributed by atoms with Gasteiger partial charge in [-0.1, -0.05) is 84.5 Å². The van der Waals surface area contributed by atoms with Crippen molar-refractivity contribution in [3.8, 4) is 0 Å². The Kier molecular flexibility index (Phi) is 18.6. The van der Waals surface area contributed by atoms with Crippen molar-refractivity contribution in [2.45, 2.75) is 129 Å². The van der Waals surface area contributed by atoms with E-state index in [0.717, 1.165) is 26.1 Å². The SMILES string of the molecule is CCCCCCCCCN(CCCCCCCC)CC1CCOC(C)(COCCCS(=O)(=O)O)O1. The normalized spacial score (nSPS) is 21.1. The summed E-state index contributed by atoms with van der Waals surface area (Å²) in [4.78, 5) is 2.59. The molecule has 0 aromatic rings. The van der Waals surface area contributed by atoms with Crippen LogP contribution in [0.5, 0.6) is 0 Å². The first-order chi connectivity index (χ1) is 16.8. The minimum absolute atomic E-state index is 0.111. The summed E-state index contributed by atoms with van der Waals surface area (Å²) in [5, 5.41) is 0. The molecule has 2 atom stereocenters. The van der Waals surface area contributed by atoms with Crippen molar-refractivity contribution in [3.05, 3.63) is 0 Å². The average Bonchev–Trinajstić information content (AvgIpc) is 2.79. The van der Waals surface area contributed by atoms with Crippen molar-refractivity contribution in [3.63, 3.8) is 0 Å². The molecule has 2 unspecified atom stereocenters. The Bertz CT molecular complexity index is 602. The largest absolute Gasteiger partial charge is 0.376 e. The number of hydrogen-bond acceptors (Lipinski definition) is 6. The minimum Gasteiger partial charge on any atom is -0.376 e. The second-order valence-electron chi connectivity index (χ2n) is 10.4. The zero-order valence-electron chi connectivity index (χ0n) is 23.0. The highest BCUT2D eigenvalue weighted by Gasteiger charge is 2.35. The smallest absolute Gasteiger partial charge is 0.264 e. The summed E-state index contributed by atoms with van der Waals surface area (Å²) in [5.74, 6) is -1.10. The van der Waals surface area contributed by atoms with Crippen molar-refractivity contribution < 1.29 is 27.2 Å². The van der Waals surface area contributed by atoms with Crippen molar-refractivity contribution in [1.29, 1.82) is 0 Å². The highest BCUT2D eigenvalue weighted by atomic mass is 32.2. The second-order valence-corrected chi connectivity index (χ2v) is 12.0. The lowest BCUT2D eigenvalue weighted by Crippen LogP contribution is -2.49. The molecular weight excluding hydrogens is 466 g/mol. The number of unbranched alkanes of at least 4 members (excludes halogenated alkanes) is 11. The van der Waals surface area contributed by atoms with Crippen LogP contribution in [0.15, 0.2) is 0 Å². The van der Waals surface area contributed by atoms with E-state index in [0.29, 0.717) is 6.61 Å². The van der Waals surface area contributed by atoms with E-state index in [1.165, 1.54) is 83.5 Å². The Hall–Kier alpha value is -0.250. The summed E-state index contributed by atoms with van der Waals surface area (Å²) in [5.41, 5.74) is 0. The summed E-state index contributed by atoms with van der Waals surface area (Å²) in [7, 11) is -3.95. The molecule has 1 aliphatic rings. The van der Waals surface area contributed by atoms with Gasteiger partial charge in [0.2, 0.25) is 0 Å². The third kappa shape index (κ3) is 18.6. The molecule has 0 aromatic heterocycles. The Labute approximate surface area is 216 Å². The van der Waals surface area contributed by atoms with E-state index in [-0.39, 0.29) is 31.5 Å². The predicted octanol–water partition coefficient (Wildman–Crippen LogP) is 6.22. The average molecular weight is 522 g/mol. The number of hydrogen-bond donors (Lipinski definition) is 1. The minimum atomic E-state index is -3.95. The van der Waals surface area contributed by atoms with Gasteiger partial charge in [0.25, 0.3) is 10.1 Å². The Morgan fingerprint density at radius 1 is 0.886 bits per heavy atom. The molecule has 0 aromatic carbocycles.